The summed E-state index contributed by atoms with van der Waals surface area (Å²) in [6, 6.07) is 10.1. The number of ether oxygens (including phenoxy) is 1. The molecule has 0 radical (unpaired) electrons. The number of rotatable bonds is 10. The van der Waals surface area contributed by atoms with Gasteiger partial charge in [-0.2, -0.15) is 0 Å². The first-order chi connectivity index (χ1) is 15.7. The van der Waals surface area contributed by atoms with Gasteiger partial charge in [0, 0.05) is 60.1 Å². The Morgan fingerprint density at radius 1 is 1.09 bits per heavy atom. The molecule has 0 bridgehead atoms. The third-order valence-electron chi connectivity index (χ3n) is 5.64. The van der Waals surface area contributed by atoms with Crippen LogP contribution < -0.4 is 9.16 Å². The summed E-state index contributed by atoms with van der Waals surface area (Å²) >= 11 is 10.6. The van der Waals surface area contributed by atoms with E-state index in [0.29, 0.717) is 31.3 Å². The summed E-state index contributed by atoms with van der Waals surface area (Å²) in [6.07, 6.45) is 0.680. The van der Waals surface area contributed by atoms with Crippen LogP contribution in [0.3, 0.4) is 0 Å². The van der Waals surface area contributed by atoms with Crippen LogP contribution in [0.25, 0.3) is 0 Å². The van der Waals surface area contributed by atoms with Gasteiger partial charge in [0.2, 0.25) is 9.04 Å². The van der Waals surface area contributed by atoms with Crippen LogP contribution in [0.1, 0.15) is 37.5 Å². The molecule has 2 aromatic carbocycles. The molecule has 33 heavy (non-hydrogen) atoms. The van der Waals surface area contributed by atoms with Crippen LogP contribution >= 0.6 is 23.2 Å². The highest BCUT2D eigenvalue weighted by molar-refractivity contribution is 7.91. The lowest BCUT2D eigenvalue weighted by atomic mass is 9.84. The molecule has 1 aliphatic rings. The standard InChI is InChI=1S/C25H35Cl2NO3SSi/c1-25(2,3)20-17-21(31-33(4)5)23(30-15-14-28(12-10-26)13-11-27)19-16-18-8-6-7-9-22(18)32(29)24(19)20/h6-9,17,33H,10-16H2,1-5H3. The zero-order chi connectivity index (χ0) is 24.2. The van der Waals surface area contributed by atoms with Gasteiger partial charge in [0.1, 0.15) is 12.4 Å². The van der Waals surface area contributed by atoms with Crippen molar-refractivity contribution in [3.8, 4) is 11.5 Å². The Labute approximate surface area is 213 Å². The van der Waals surface area contributed by atoms with Crippen molar-refractivity contribution in [1.82, 2.24) is 4.90 Å². The van der Waals surface area contributed by atoms with E-state index in [1.807, 2.05) is 18.2 Å². The Morgan fingerprint density at radius 3 is 2.36 bits per heavy atom. The van der Waals surface area contributed by atoms with Crippen LogP contribution in [-0.2, 0) is 23.0 Å². The van der Waals surface area contributed by atoms with E-state index in [1.165, 1.54) is 0 Å². The summed E-state index contributed by atoms with van der Waals surface area (Å²) in [5, 5.41) is 0. The monoisotopic (exact) mass is 527 g/mol. The van der Waals surface area contributed by atoms with Crippen LogP contribution in [0.4, 0.5) is 0 Å². The minimum atomic E-state index is -1.40. The van der Waals surface area contributed by atoms with Gasteiger partial charge in [0.05, 0.1) is 5.56 Å². The lowest BCUT2D eigenvalue weighted by Gasteiger charge is -2.32. The van der Waals surface area contributed by atoms with Crippen molar-refractivity contribution in [3.63, 3.8) is 0 Å². The third kappa shape index (κ3) is 6.41. The Kier molecular flexibility index (Phi) is 9.46. The number of fused-ring (bicyclic) bond motifs is 2. The van der Waals surface area contributed by atoms with Crippen molar-refractivity contribution in [1.29, 1.82) is 0 Å². The topological polar surface area (TPSA) is 44.8 Å². The van der Waals surface area contributed by atoms with E-state index in [4.69, 9.17) is 32.4 Å². The van der Waals surface area contributed by atoms with Crippen molar-refractivity contribution in [2.45, 2.75) is 55.5 Å². The van der Waals surface area contributed by atoms with E-state index in [2.05, 4.69) is 50.9 Å². The summed E-state index contributed by atoms with van der Waals surface area (Å²) in [4.78, 5) is 3.97. The molecule has 1 aliphatic heterocycles. The highest BCUT2D eigenvalue weighted by Crippen LogP contribution is 2.48. The molecule has 0 N–H and O–H groups in total. The molecule has 0 spiro atoms. The Hall–Kier alpha value is -0.893. The molecule has 1 atom stereocenters. The number of halogens is 2. The van der Waals surface area contributed by atoms with Crippen molar-refractivity contribution < 1.29 is 13.7 Å². The van der Waals surface area contributed by atoms with Gasteiger partial charge in [-0.15, -0.1) is 23.2 Å². The summed E-state index contributed by atoms with van der Waals surface area (Å²) in [6.45, 7) is 13.5. The fraction of sp³-hybridized carbons (Fsp3) is 0.520. The molecule has 4 nitrogen and oxygen atoms in total. The van der Waals surface area contributed by atoms with Gasteiger partial charge in [-0.1, -0.05) is 39.0 Å². The summed E-state index contributed by atoms with van der Waals surface area (Å²) in [5.41, 5.74) is 2.95. The van der Waals surface area contributed by atoms with E-state index in [-0.39, 0.29) is 5.41 Å². The van der Waals surface area contributed by atoms with Gasteiger partial charge in [-0.25, -0.2) is 0 Å². The van der Waals surface area contributed by atoms with E-state index in [0.717, 1.165) is 51.1 Å². The Morgan fingerprint density at radius 2 is 1.76 bits per heavy atom. The molecule has 0 saturated carbocycles. The molecule has 2 aromatic rings. The molecule has 0 aromatic heterocycles. The quantitative estimate of drug-likeness (QED) is 0.230. The summed E-state index contributed by atoms with van der Waals surface area (Å²) in [7, 11) is -1.40. The predicted octanol–water partition coefficient (Wildman–Crippen LogP) is 5.58. The molecular weight excluding hydrogens is 493 g/mol. The molecule has 1 heterocycles. The smallest absolute Gasteiger partial charge is 0.229 e. The maximum Gasteiger partial charge on any atom is 0.229 e. The van der Waals surface area contributed by atoms with Crippen LogP contribution in [0, 0.1) is 0 Å². The Bertz CT molecular complexity index is 946. The van der Waals surface area contributed by atoms with Crippen LogP contribution in [0.5, 0.6) is 11.5 Å². The number of benzene rings is 2. The van der Waals surface area contributed by atoms with Gasteiger partial charge >= 0.3 is 0 Å². The van der Waals surface area contributed by atoms with Crippen molar-refractivity contribution in [2.24, 2.45) is 0 Å². The molecule has 1 unspecified atom stereocenters. The fourth-order valence-corrected chi connectivity index (χ4v) is 7.00. The van der Waals surface area contributed by atoms with Gasteiger partial charge in [-0.3, -0.25) is 4.90 Å². The maximum absolute atomic E-state index is 13.8. The van der Waals surface area contributed by atoms with Crippen molar-refractivity contribution >= 4 is 43.4 Å². The second-order valence-corrected chi connectivity index (χ2v) is 14.1. The minimum absolute atomic E-state index is 0.182. The number of nitrogens with zero attached hydrogens (tertiary/aromatic N) is 1. The molecule has 0 fully saturated rings. The van der Waals surface area contributed by atoms with Gasteiger partial charge in [0.25, 0.3) is 0 Å². The van der Waals surface area contributed by atoms with Crippen LogP contribution in [0.15, 0.2) is 40.1 Å². The number of alkyl halides is 2. The molecule has 8 heteroatoms. The highest BCUT2D eigenvalue weighted by atomic mass is 35.5. The minimum Gasteiger partial charge on any atom is -0.606 e. The highest BCUT2D eigenvalue weighted by Gasteiger charge is 2.38. The van der Waals surface area contributed by atoms with E-state index < -0.39 is 20.2 Å². The van der Waals surface area contributed by atoms with Gasteiger partial charge < -0.3 is 13.7 Å². The first-order valence-corrected chi connectivity index (χ1v) is 16.5. The first kappa shape index (κ1) is 26.7. The van der Waals surface area contributed by atoms with E-state index in [9.17, 15) is 4.55 Å². The summed E-state index contributed by atoms with van der Waals surface area (Å²) in [5.74, 6) is 2.61. The van der Waals surface area contributed by atoms with Crippen molar-refractivity contribution in [2.75, 3.05) is 38.0 Å². The van der Waals surface area contributed by atoms with E-state index >= 15 is 0 Å². The molecule has 3 rings (SSSR count). The predicted molar refractivity (Wildman–Crippen MR) is 142 cm³/mol. The van der Waals surface area contributed by atoms with Crippen LogP contribution in [0.2, 0.25) is 13.1 Å². The lowest BCUT2D eigenvalue weighted by Crippen LogP contribution is -2.32. The van der Waals surface area contributed by atoms with Crippen LogP contribution in [-0.4, -0.2) is 56.5 Å². The Balaban J connectivity index is 2.07. The van der Waals surface area contributed by atoms with Crippen molar-refractivity contribution in [3.05, 3.63) is 47.0 Å². The molecule has 182 valence electrons. The normalized spacial score (nSPS) is 15.5. The second kappa shape index (κ2) is 11.7. The zero-order valence-electron chi connectivity index (χ0n) is 20.2. The lowest BCUT2D eigenvalue weighted by molar-refractivity contribution is 0.219. The fourth-order valence-electron chi connectivity index (χ4n) is 4.09. The average Bonchev–Trinajstić information content (AvgIpc) is 2.74. The molecule has 0 aliphatic carbocycles. The first-order valence-electron chi connectivity index (χ1n) is 11.5. The number of hydrogen-bond donors (Lipinski definition) is 0. The van der Waals surface area contributed by atoms with Gasteiger partial charge in [0.15, 0.2) is 15.5 Å². The average molecular weight is 529 g/mol. The number of hydrogen-bond acceptors (Lipinski definition) is 4. The third-order valence-corrected chi connectivity index (χ3v) is 8.34. The molecular formula is C25H35Cl2NO3SSi. The summed E-state index contributed by atoms with van der Waals surface area (Å²) < 4.78 is 26.6. The molecule has 0 amide bonds. The largest absolute Gasteiger partial charge is 0.606 e. The zero-order valence-corrected chi connectivity index (χ0v) is 23.7. The van der Waals surface area contributed by atoms with E-state index in [1.54, 1.807) is 0 Å². The molecule has 0 saturated heterocycles. The second-order valence-electron chi connectivity index (χ2n) is 9.60. The van der Waals surface area contributed by atoms with Gasteiger partial charge in [-0.05, 0) is 30.6 Å². The maximum atomic E-state index is 13.8. The SMILES string of the molecule is C[SiH](C)Oc1cc(C(C)(C)C)c2c(c1OCCN(CCCl)CCCl)Cc1ccccc1[S+]2[O-].